The number of ether oxygens (including phenoxy) is 1. The van der Waals surface area contributed by atoms with Crippen molar-refractivity contribution in [2.75, 3.05) is 0 Å². The topological polar surface area (TPSA) is 48.2 Å². The lowest BCUT2D eigenvalue weighted by Crippen LogP contribution is -1.96. The van der Waals surface area contributed by atoms with Gasteiger partial charge in [0.25, 0.3) is 5.89 Å². The molecule has 112 valence electrons. The second-order valence-corrected chi connectivity index (χ2v) is 5.58. The summed E-state index contributed by atoms with van der Waals surface area (Å²) in [6.45, 7) is 2.13. The Hall–Kier alpha value is -2.04. The largest absolute Gasteiger partial charge is 0.482 e. The fourth-order valence-electron chi connectivity index (χ4n) is 1.93. The lowest BCUT2D eigenvalue weighted by molar-refractivity contribution is 0.264. The number of hydrogen-bond donors (Lipinski definition) is 0. The summed E-state index contributed by atoms with van der Waals surface area (Å²) in [6.07, 6.45) is 0. The molecule has 0 radical (unpaired) electrons. The molecule has 0 aliphatic heterocycles. The predicted molar refractivity (Wildman–Crippen MR) is 85.3 cm³/mol. The molecule has 0 atom stereocenters. The van der Waals surface area contributed by atoms with Crippen molar-refractivity contribution < 1.29 is 9.15 Å². The highest BCUT2D eigenvalue weighted by molar-refractivity contribution is 6.34. The molecule has 1 aromatic heterocycles. The van der Waals surface area contributed by atoms with E-state index < -0.39 is 0 Å². The van der Waals surface area contributed by atoms with Crippen LogP contribution in [0, 0.1) is 6.92 Å². The van der Waals surface area contributed by atoms with Crippen LogP contribution < -0.4 is 4.74 Å². The van der Waals surface area contributed by atoms with Gasteiger partial charge in [-0.05, 0) is 31.2 Å². The average Bonchev–Trinajstić information content (AvgIpc) is 2.97. The molecule has 0 unspecified atom stereocenters. The average molecular weight is 335 g/mol. The predicted octanol–water partition coefficient (Wildman–Crippen LogP) is 4.93. The Bertz CT molecular complexity index is 802. The Kier molecular flexibility index (Phi) is 4.32. The van der Waals surface area contributed by atoms with Gasteiger partial charge in [-0.1, -0.05) is 40.9 Å². The quantitative estimate of drug-likeness (QED) is 0.678. The van der Waals surface area contributed by atoms with Gasteiger partial charge in [0.2, 0.25) is 5.89 Å². The lowest BCUT2D eigenvalue weighted by atomic mass is 10.1. The van der Waals surface area contributed by atoms with Gasteiger partial charge in [-0.3, -0.25) is 0 Å². The molecule has 3 aromatic rings. The van der Waals surface area contributed by atoms with Crippen molar-refractivity contribution in [3.05, 3.63) is 64.0 Å². The first-order chi connectivity index (χ1) is 10.6. The standard InChI is InChI=1S/C16H12Cl2N2O2/c1-10-3-2-4-11(7-10)16-20-19-15(22-16)9-21-14-8-12(17)5-6-13(14)18/h2-8H,9H2,1H3. The third kappa shape index (κ3) is 3.40. The minimum absolute atomic E-state index is 0.124. The molecule has 0 aliphatic carbocycles. The van der Waals surface area contributed by atoms with Gasteiger partial charge in [0, 0.05) is 16.7 Å². The molecule has 1 heterocycles. The second-order valence-electron chi connectivity index (χ2n) is 4.73. The first kappa shape index (κ1) is 14.9. The molecular weight excluding hydrogens is 323 g/mol. The minimum atomic E-state index is 0.124. The summed E-state index contributed by atoms with van der Waals surface area (Å²) in [5.74, 6) is 1.30. The maximum atomic E-state index is 6.03. The number of benzene rings is 2. The number of hydrogen-bond acceptors (Lipinski definition) is 4. The summed E-state index contributed by atoms with van der Waals surface area (Å²) in [5.41, 5.74) is 2.00. The van der Waals surface area contributed by atoms with Crippen LogP contribution in [-0.4, -0.2) is 10.2 Å². The number of rotatable bonds is 4. The van der Waals surface area contributed by atoms with Crippen LogP contribution in [0.15, 0.2) is 46.9 Å². The highest BCUT2D eigenvalue weighted by Crippen LogP contribution is 2.28. The number of halogens is 2. The van der Waals surface area contributed by atoms with Crippen LogP contribution in [0.2, 0.25) is 10.0 Å². The highest BCUT2D eigenvalue weighted by atomic mass is 35.5. The van der Waals surface area contributed by atoms with Crippen molar-refractivity contribution >= 4 is 23.2 Å². The van der Waals surface area contributed by atoms with Gasteiger partial charge in [0.05, 0.1) is 5.02 Å². The number of aromatic nitrogens is 2. The van der Waals surface area contributed by atoms with E-state index in [1.165, 1.54) is 0 Å². The second kappa shape index (κ2) is 6.38. The summed E-state index contributed by atoms with van der Waals surface area (Å²) >= 11 is 11.9. The lowest BCUT2D eigenvalue weighted by Gasteiger charge is -2.05. The Morgan fingerprint density at radius 3 is 2.77 bits per heavy atom. The first-order valence-electron chi connectivity index (χ1n) is 6.59. The van der Waals surface area contributed by atoms with Crippen LogP contribution in [0.25, 0.3) is 11.5 Å². The van der Waals surface area contributed by atoms with Crippen molar-refractivity contribution in [1.29, 1.82) is 0 Å². The van der Waals surface area contributed by atoms with E-state index in [1.807, 2.05) is 31.2 Å². The molecule has 0 bridgehead atoms. The molecule has 0 saturated heterocycles. The third-order valence-corrected chi connectivity index (χ3v) is 3.52. The molecule has 0 saturated carbocycles. The van der Waals surface area contributed by atoms with Crippen LogP contribution in [0.1, 0.15) is 11.5 Å². The Labute approximate surface area is 137 Å². The molecule has 2 aromatic carbocycles. The van der Waals surface area contributed by atoms with E-state index in [0.717, 1.165) is 11.1 Å². The summed E-state index contributed by atoms with van der Waals surface area (Å²) in [6, 6.07) is 12.8. The molecule has 0 N–H and O–H groups in total. The summed E-state index contributed by atoms with van der Waals surface area (Å²) in [4.78, 5) is 0. The van der Waals surface area contributed by atoms with E-state index in [9.17, 15) is 0 Å². The van der Waals surface area contributed by atoms with Crippen molar-refractivity contribution in [3.63, 3.8) is 0 Å². The van der Waals surface area contributed by atoms with E-state index in [0.29, 0.717) is 27.6 Å². The van der Waals surface area contributed by atoms with Gasteiger partial charge in [0.1, 0.15) is 5.75 Å². The van der Waals surface area contributed by atoms with Gasteiger partial charge in [-0.25, -0.2) is 0 Å². The molecule has 0 fully saturated rings. The fraction of sp³-hybridized carbons (Fsp3) is 0.125. The zero-order valence-electron chi connectivity index (χ0n) is 11.7. The maximum absolute atomic E-state index is 6.03. The normalized spacial score (nSPS) is 10.7. The molecule has 22 heavy (non-hydrogen) atoms. The zero-order chi connectivity index (χ0) is 15.5. The molecule has 4 nitrogen and oxygen atoms in total. The smallest absolute Gasteiger partial charge is 0.254 e. The van der Waals surface area contributed by atoms with Crippen molar-refractivity contribution in [3.8, 4) is 17.2 Å². The number of aryl methyl sites for hydroxylation is 1. The molecule has 0 aliphatic rings. The molecule has 3 rings (SSSR count). The van der Waals surface area contributed by atoms with Crippen LogP contribution in [0.3, 0.4) is 0 Å². The molecular formula is C16H12Cl2N2O2. The van der Waals surface area contributed by atoms with Crippen LogP contribution >= 0.6 is 23.2 Å². The van der Waals surface area contributed by atoms with E-state index in [2.05, 4.69) is 10.2 Å². The Balaban J connectivity index is 1.73. The summed E-state index contributed by atoms with van der Waals surface area (Å²) in [5, 5.41) is 9.02. The van der Waals surface area contributed by atoms with E-state index in [-0.39, 0.29) is 6.61 Å². The van der Waals surface area contributed by atoms with Gasteiger partial charge >= 0.3 is 0 Å². The monoisotopic (exact) mass is 334 g/mol. The number of nitrogens with zero attached hydrogens (tertiary/aromatic N) is 2. The van der Waals surface area contributed by atoms with Gasteiger partial charge in [-0.2, -0.15) is 0 Å². The zero-order valence-corrected chi connectivity index (χ0v) is 13.2. The van der Waals surface area contributed by atoms with Crippen molar-refractivity contribution in [1.82, 2.24) is 10.2 Å². The Morgan fingerprint density at radius 1 is 1.09 bits per heavy atom. The van der Waals surface area contributed by atoms with E-state index >= 15 is 0 Å². The van der Waals surface area contributed by atoms with Gasteiger partial charge in [0.15, 0.2) is 6.61 Å². The van der Waals surface area contributed by atoms with Crippen molar-refractivity contribution in [2.45, 2.75) is 13.5 Å². The van der Waals surface area contributed by atoms with Gasteiger partial charge < -0.3 is 9.15 Å². The van der Waals surface area contributed by atoms with Gasteiger partial charge in [-0.15, -0.1) is 10.2 Å². The third-order valence-electron chi connectivity index (χ3n) is 2.98. The fourth-order valence-corrected chi connectivity index (χ4v) is 2.27. The van der Waals surface area contributed by atoms with Crippen molar-refractivity contribution in [2.24, 2.45) is 0 Å². The van der Waals surface area contributed by atoms with E-state index in [1.54, 1.807) is 18.2 Å². The first-order valence-corrected chi connectivity index (χ1v) is 7.35. The summed E-state index contributed by atoms with van der Waals surface area (Å²) in [7, 11) is 0. The summed E-state index contributed by atoms with van der Waals surface area (Å²) < 4.78 is 11.2. The SMILES string of the molecule is Cc1cccc(-c2nnc(COc3cc(Cl)ccc3Cl)o2)c1. The molecule has 0 amide bonds. The van der Waals surface area contributed by atoms with Crippen LogP contribution in [0.4, 0.5) is 0 Å². The maximum Gasteiger partial charge on any atom is 0.254 e. The minimum Gasteiger partial charge on any atom is -0.482 e. The molecule has 6 heteroatoms. The Morgan fingerprint density at radius 2 is 1.95 bits per heavy atom. The van der Waals surface area contributed by atoms with Crippen LogP contribution in [0.5, 0.6) is 5.75 Å². The molecule has 0 spiro atoms. The van der Waals surface area contributed by atoms with E-state index in [4.69, 9.17) is 32.4 Å². The van der Waals surface area contributed by atoms with Crippen LogP contribution in [-0.2, 0) is 6.61 Å². The highest BCUT2D eigenvalue weighted by Gasteiger charge is 2.10.